The van der Waals surface area contributed by atoms with Crippen LogP contribution in [0.5, 0.6) is 0 Å². The summed E-state index contributed by atoms with van der Waals surface area (Å²) >= 11 is 1.20. The highest BCUT2D eigenvalue weighted by molar-refractivity contribution is 7.17. The number of aryl methyl sites for hydroxylation is 2. The minimum Gasteiger partial charge on any atom is -0.352 e. The molecule has 8 nitrogen and oxygen atoms in total. The maximum atomic E-state index is 13.2. The van der Waals surface area contributed by atoms with Gasteiger partial charge in [-0.05, 0) is 42.0 Å². The lowest BCUT2D eigenvalue weighted by atomic mass is 10.1. The number of benzene rings is 2. The van der Waals surface area contributed by atoms with Gasteiger partial charge in [0.1, 0.15) is 11.2 Å². The summed E-state index contributed by atoms with van der Waals surface area (Å²) in [6.45, 7) is 3.83. The number of fused-ring (bicyclic) bond motifs is 1. The monoisotopic (exact) mass is 490 g/mol. The Morgan fingerprint density at radius 2 is 1.60 bits per heavy atom. The van der Waals surface area contributed by atoms with Crippen LogP contribution < -0.4 is 21.9 Å². The van der Waals surface area contributed by atoms with E-state index in [2.05, 4.69) is 10.6 Å². The molecule has 0 aliphatic rings. The van der Waals surface area contributed by atoms with Crippen molar-refractivity contribution in [1.82, 2.24) is 14.5 Å². The molecular formula is C26H26N4O4S. The van der Waals surface area contributed by atoms with Crippen molar-refractivity contribution in [3.05, 3.63) is 97.5 Å². The number of nitrogens with zero attached hydrogens (tertiary/aromatic N) is 2. The molecule has 0 fully saturated rings. The SMILES string of the molecule is Cc1cccc(C)c1NC(=O)Cn1c(=O)n(CCC(=O)NCc2ccccc2)c(=O)c2sccc21. The van der Waals surface area contributed by atoms with Crippen LogP contribution in [-0.4, -0.2) is 20.9 Å². The van der Waals surface area contributed by atoms with Gasteiger partial charge in [-0.2, -0.15) is 0 Å². The Hall–Kier alpha value is -3.98. The molecule has 0 bridgehead atoms. The largest absolute Gasteiger partial charge is 0.352 e. The van der Waals surface area contributed by atoms with E-state index in [1.807, 2.05) is 62.4 Å². The molecule has 0 aliphatic carbocycles. The number of amides is 2. The van der Waals surface area contributed by atoms with Gasteiger partial charge in [0, 0.05) is 25.2 Å². The molecule has 2 aromatic heterocycles. The van der Waals surface area contributed by atoms with E-state index < -0.39 is 11.2 Å². The molecule has 180 valence electrons. The zero-order valence-electron chi connectivity index (χ0n) is 19.5. The molecule has 2 amide bonds. The van der Waals surface area contributed by atoms with Crippen molar-refractivity contribution in [2.75, 3.05) is 5.32 Å². The summed E-state index contributed by atoms with van der Waals surface area (Å²) in [7, 11) is 0. The fraction of sp³-hybridized carbons (Fsp3) is 0.231. The number of thiophene rings is 1. The second-order valence-electron chi connectivity index (χ2n) is 8.29. The normalized spacial score (nSPS) is 10.9. The molecular weight excluding hydrogens is 464 g/mol. The Kier molecular flexibility index (Phi) is 7.26. The molecule has 9 heteroatoms. The number of anilines is 1. The van der Waals surface area contributed by atoms with Gasteiger partial charge >= 0.3 is 5.69 Å². The van der Waals surface area contributed by atoms with Crippen LogP contribution in [-0.2, 0) is 29.2 Å². The zero-order chi connectivity index (χ0) is 24.9. The first-order valence-corrected chi connectivity index (χ1v) is 12.1. The van der Waals surface area contributed by atoms with Gasteiger partial charge < -0.3 is 10.6 Å². The van der Waals surface area contributed by atoms with Crippen molar-refractivity contribution in [2.24, 2.45) is 0 Å². The lowest BCUT2D eigenvalue weighted by molar-refractivity contribution is -0.121. The highest BCUT2D eigenvalue weighted by Crippen LogP contribution is 2.20. The minimum absolute atomic E-state index is 0.0343. The lowest BCUT2D eigenvalue weighted by Gasteiger charge is -2.14. The Bertz CT molecular complexity index is 1480. The van der Waals surface area contributed by atoms with Crippen LogP contribution >= 0.6 is 11.3 Å². The topological polar surface area (TPSA) is 102 Å². The molecule has 2 N–H and O–H groups in total. The first-order chi connectivity index (χ1) is 16.8. The molecule has 0 unspecified atom stereocenters. The third-order valence-electron chi connectivity index (χ3n) is 5.78. The number of carbonyl (C=O) groups excluding carboxylic acids is 2. The van der Waals surface area contributed by atoms with Gasteiger partial charge in [0.15, 0.2) is 0 Å². The highest BCUT2D eigenvalue weighted by atomic mass is 32.1. The summed E-state index contributed by atoms with van der Waals surface area (Å²) in [5.74, 6) is -0.645. The maximum Gasteiger partial charge on any atom is 0.332 e. The van der Waals surface area contributed by atoms with E-state index in [4.69, 9.17) is 0 Å². The van der Waals surface area contributed by atoms with Gasteiger partial charge in [0.05, 0.1) is 5.52 Å². The summed E-state index contributed by atoms with van der Waals surface area (Å²) in [6.07, 6.45) is -0.0343. The maximum absolute atomic E-state index is 13.2. The molecule has 0 radical (unpaired) electrons. The molecule has 0 spiro atoms. The Labute approximate surface area is 205 Å². The molecule has 2 heterocycles. The van der Waals surface area contributed by atoms with Crippen LogP contribution in [0, 0.1) is 13.8 Å². The van der Waals surface area contributed by atoms with Crippen LogP contribution in [0.4, 0.5) is 5.69 Å². The number of nitrogens with one attached hydrogen (secondary N) is 2. The molecule has 4 aromatic rings. The van der Waals surface area contributed by atoms with E-state index in [9.17, 15) is 19.2 Å². The molecule has 35 heavy (non-hydrogen) atoms. The Morgan fingerprint density at radius 1 is 0.886 bits per heavy atom. The fourth-order valence-electron chi connectivity index (χ4n) is 3.92. The van der Waals surface area contributed by atoms with E-state index in [1.54, 1.807) is 11.4 Å². The predicted molar refractivity (Wildman–Crippen MR) is 138 cm³/mol. The van der Waals surface area contributed by atoms with E-state index in [0.29, 0.717) is 22.4 Å². The summed E-state index contributed by atoms with van der Waals surface area (Å²) in [6, 6.07) is 16.8. The van der Waals surface area contributed by atoms with Gasteiger partial charge in [-0.15, -0.1) is 11.3 Å². The minimum atomic E-state index is -0.617. The average Bonchev–Trinajstić information content (AvgIpc) is 3.34. The third kappa shape index (κ3) is 5.41. The number of aromatic nitrogens is 2. The number of carbonyl (C=O) groups is 2. The van der Waals surface area contributed by atoms with E-state index >= 15 is 0 Å². The van der Waals surface area contributed by atoms with Gasteiger partial charge in [0.25, 0.3) is 5.56 Å². The predicted octanol–water partition coefficient (Wildman–Crippen LogP) is 3.19. The van der Waals surface area contributed by atoms with Crippen molar-refractivity contribution in [1.29, 1.82) is 0 Å². The van der Waals surface area contributed by atoms with E-state index in [1.165, 1.54) is 15.9 Å². The van der Waals surface area contributed by atoms with E-state index in [-0.39, 0.29) is 31.3 Å². The number of hydrogen-bond acceptors (Lipinski definition) is 5. The second kappa shape index (κ2) is 10.5. The third-order valence-corrected chi connectivity index (χ3v) is 6.67. The van der Waals surface area contributed by atoms with Gasteiger partial charge in [-0.25, -0.2) is 4.79 Å². The van der Waals surface area contributed by atoms with Gasteiger partial charge in [-0.1, -0.05) is 48.5 Å². The van der Waals surface area contributed by atoms with Gasteiger partial charge in [-0.3, -0.25) is 23.5 Å². The standard InChI is InChI=1S/C26H26N4O4S/c1-17-7-6-8-18(2)23(17)28-22(32)16-30-20-12-14-35-24(20)25(33)29(26(30)34)13-11-21(31)27-15-19-9-4-3-5-10-19/h3-10,12,14H,11,13,15-16H2,1-2H3,(H,27,31)(H,28,32). The average molecular weight is 491 g/mol. The fourth-order valence-corrected chi connectivity index (χ4v) is 4.76. The highest BCUT2D eigenvalue weighted by Gasteiger charge is 2.18. The summed E-state index contributed by atoms with van der Waals surface area (Å²) in [5, 5.41) is 7.39. The first kappa shape index (κ1) is 24.2. The number of rotatable bonds is 8. The quantitative estimate of drug-likeness (QED) is 0.396. The molecule has 0 saturated carbocycles. The Balaban J connectivity index is 1.53. The van der Waals surface area contributed by atoms with E-state index in [0.717, 1.165) is 21.3 Å². The summed E-state index contributed by atoms with van der Waals surface area (Å²) in [4.78, 5) is 51.4. The van der Waals surface area contributed by atoms with Crippen molar-refractivity contribution < 1.29 is 9.59 Å². The van der Waals surface area contributed by atoms with Crippen molar-refractivity contribution in [3.63, 3.8) is 0 Å². The molecule has 0 atom stereocenters. The lowest BCUT2D eigenvalue weighted by Crippen LogP contribution is -2.42. The van der Waals surface area contributed by atoms with Crippen LogP contribution in [0.1, 0.15) is 23.1 Å². The zero-order valence-corrected chi connectivity index (χ0v) is 20.4. The van der Waals surface area contributed by atoms with Gasteiger partial charge in [0.2, 0.25) is 11.8 Å². The number of hydrogen-bond donors (Lipinski definition) is 2. The number of para-hydroxylation sites is 1. The summed E-state index contributed by atoms with van der Waals surface area (Å²) < 4.78 is 2.69. The van der Waals surface area contributed by atoms with Crippen LogP contribution in [0.25, 0.3) is 10.2 Å². The molecule has 0 aliphatic heterocycles. The smallest absolute Gasteiger partial charge is 0.332 e. The molecule has 4 rings (SSSR count). The van der Waals surface area contributed by atoms with Crippen molar-refractivity contribution in [3.8, 4) is 0 Å². The molecule has 2 aromatic carbocycles. The van der Waals surface area contributed by atoms with Crippen molar-refractivity contribution in [2.45, 2.75) is 39.9 Å². The Morgan fingerprint density at radius 3 is 2.31 bits per heavy atom. The van der Waals surface area contributed by atoms with Crippen LogP contribution in [0.15, 0.2) is 69.6 Å². The summed E-state index contributed by atoms with van der Waals surface area (Å²) in [5.41, 5.74) is 2.82. The van der Waals surface area contributed by atoms with Crippen LogP contribution in [0.3, 0.4) is 0 Å². The second-order valence-corrected chi connectivity index (χ2v) is 9.20. The first-order valence-electron chi connectivity index (χ1n) is 11.2. The molecule has 0 saturated heterocycles. The van der Waals surface area contributed by atoms with Crippen molar-refractivity contribution >= 4 is 39.1 Å². The van der Waals surface area contributed by atoms with Crippen LogP contribution in [0.2, 0.25) is 0 Å².